The number of ether oxygens (including phenoxy) is 3. The Bertz CT molecular complexity index is 1060. The molecule has 1 aliphatic rings. The summed E-state index contributed by atoms with van der Waals surface area (Å²) in [6, 6.07) is 9.41. The Hall–Kier alpha value is -2.78. The molecule has 3 rings (SSSR count). The van der Waals surface area contributed by atoms with Gasteiger partial charge in [-0.25, -0.2) is 8.42 Å². The number of carbonyl (C=O) groups is 1. The number of fused-ring (bicyclic) bond motifs is 1. The van der Waals surface area contributed by atoms with E-state index in [1.807, 2.05) is 26.0 Å². The minimum atomic E-state index is -3.96. The van der Waals surface area contributed by atoms with Crippen molar-refractivity contribution in [2.45, 2.75) is 45.1 Å². The number of aryl methyl sites for hydroxylation is 2. The van der Waals surface area contributed by atoms with E-state index in [0.29, 0.717) is 24.7 Å². The third-order valence-electron chi connectivity index (χ3n) is 5.13. The van der Waals surface area contributed by atoms with E-state index in [4.69, 9.17) is 14.2 Å². The van der Waals surface area contributed by atoms with Crippen LogP contribution in [0.4, 0.5) is 0 Å². The van der Waals surface area contributed by atoms with E-state index in [-0.39, 0.29) is 24.0 Å². The molecule has 1 amide bonds. The summed E-state index contributed by atoms with van der Waals surface area (Å²) in [5.41, 5.74) is 2.19. The highest BCUT2D eigenvalue weighted by Gasteiger charge is 2.29. The fraction of sp³-hybridized carbons (Fsp3) is 0.458. The molecule has 0 radical (unpaired) electrons. The zero-order chi connectivity index (χ0) is 24.0. The normalized spacial score (nSPS) is 14.5. The topological polar surface area (TPSA) is 103 Å². The molecule has 1 heterocycles. The van der Waals surface area contributed by atoms with Crippen LogP contribution >= 0.6 is 0 Å². The van der Waals surface area contributed by atoms with Gasteiger partial charge in [0.15, 0.2) is 11.5 Å². The van der Waals surface area contributed by atoms with Gasteiger partial charge in [-0.15, -0.1) is 0 Å². The molecule has 0 fully saturated rings. The lowest BCUT2D eigenvalue weighted by Gasteiger charge is -2.22. The summed E-state index contributed by atoms with van der Waals surface area (Å²) < 4.78 is 45.4. The maximum absolute atomic E-state index is 13.0. The molecule has 0 spiro atoms. The first kappa shape index (κ1) is 24.9. The summed E-state index contributed by atoms with van der Waals surface area (Å²) >= 11 is 0. The molecule has 0 bridgehead atoms. The number of hydrogen-bond donors (Lipinski definition) is 2. The molecule has 0 saturated heterocycles. The quantitative estimate of drug-likeness (QED) is 0.540. The summed E-state index contributed by atoms with van der Waals surface area (Å²) in [7, 11) is -3.96. The highest BCUT2D eigenvalue weighted by molar-refractivity contribution is 7.89. The average Bonchev–Trinajstić information content (AvgIpc) is 2.99. The Morgan fingerprint density at radius 1 is 1.03 bits per heavy atom. The second-order valence-corrected chi connectivity index (χ2v) is 10.2. The standard InChI is InChI=1S/C24H32N2O6S/c1-16(2)23(24(27)25-8-11-30-19-13-17(3)12-18(4)14-19)26-33(28,29)20-6-7-21-22(15-20)32-10-5-9-31-21/h6-7,12-16,23,26H,5,8-11H2,1-4H3,(H,25,27). The molecule has 33 heavy (non-hydrogen) atoms. The smallest absolute Gasteiger partial charge is 0.241 e. The van der Waals surface area contributed by atoms with Crippen LogP contribution in [0.2, 0.25) is 0 Å². The van der Waals surface area contributed by atoms with Gasteiger partial charge in [0.1, 0.15) is 18.4 Å². The lowest BCUT2D eigenvalue weighted by molar-refractivity contribution is -0.123. The van der Waals surface area contributed by atoms with Crippen LogP contribution in [0.3, 0.4) is 0 Å². The minimum absolute atomic E-state index is 0.0170. The first-order valence-electron chi connectivity index (χ1n) is 11.1. The van der Waals surface area contributed by atoms with Gasteiger partial charge in [0.05, 0.1) is 24.7 Å². The van der Waals surface area contributed by atoms with Gasteiger partial charge in [-0.2, -0.15) is 4.72 Å². The number of sulfonamides is 1. The average molecular weight is 477 g/mol. The van der Waals surface area contributed by atoms with Gasteiger partial charge in [0, 0.05) is 12.5 Å². The molecule has 2 aromatic carbocycles. The summed E-state index contributed by atoms with van der Waals surface area (Å²) in [4.78, 5) is 12.8. The van der Waals surface area contributed by atoms with Crippen LogP contribution < -0.4 is 24.2 Å². The van der Waals surface area contributed by atoms with Crippen molar-refractivity contribution in [2.75, 3.05) is 26.4 Å². The second kappa shape index (κ2) is 10.9. The van der Waals surface area contributed by atoms with E-state index in [1.165, 1.54) is 12.1 Å². The zero-order valence-electron chi connectivity index (χ0n) is 19.5. The van der Waals surface area contributed by atoms with Crippen LogP contribution in [-0.4, -0.2) is 46.7 Å². The van der Waals surface area contributed by atoms with Crippen molar-refractivity contribution in [1.82, 2.24) is 10.0 Å². The van der Waals surface area contributed by atoms with Gasteiger partial charge >= 0.3 is 0 Å². The second-order valence-electron chi connectivity index (χ2n) is 8.46. The maximum atomic E-state index is 13.0. The molecule has 1 atom stereocenters. The molecule has 180 valence electrons. The number of rotatable bonds is 9. The fourth-order valence-electron chi connectivity index (χ4n) is 3.51. The van der Waals surface area contributed by atoms with Crippen LogP contribution in [0.1, 0.15) is 31.4 Å². The summed E-state index contributed by atoms with van der Waals surface area (Å²) in [6.45, 7) is 9.04. The molecule has 0 aromatic heterocycles. The van der Waals surface area contributed by atoms with E-state index in [2.05, 4.69) is 16.1 Å². The molecule has 0 saturated carbocycles. The van der Waals surface area contributed by atoms with Crippen LogP contribution in [0.25, 0.3) is 0 Å². The molecular weight excluding hydrogens is 444 g/mol. The highest BCUT2D eigenvalue weighted by atomic mass is 32.2. The zero-order valence-corrected chi connectivity index (χ0v) is 20.3. The molecular formula is C24H32N2O6S. The van der Waals surface area contributed by atoms with Crippen LogP contribution in [0, 0.1) is 19.8 Å². The van der Waals surface area contributed by atoms with Crippen molar-refractivity contribution in [2.24, 2.45) is 5.92 Å². The van der Waals surface area contributed by atoms with E-state index < -0.39 is 22.0 Å². The van der Waals surface area contributed by atoms with Crippen molar-refractivity contribution in [3.05, 3.63) is 47.5 Å². The largest absolute Gasteiger partial charge is 0.492 e. The van der Waals surface area contributed by atoms with Crippen LogP contribution in [0.15, 0.2) is 41.3 Å². The van der Waals surface area contributed by atoms with E-state index in [9.17, 15) is 13.2 Å². The van der Waals surface area contributed by atoms with E-state index in [1.54, 1.807) is 19.9 Å². The SMILES string of the molecule is Cc1cc(C)cc(OCCNC(=O)C(NS(=O)(=O)c2ccc3c(c2)OCCCO3)C(C)C)c1. The number of hydrogen-bond acceptors (Lipinski definition) is 6. The first-order valence-corrected chi connectivity index (χ1v) is 12.5. The number of amides is 1. The summed E-state index contributed by atoms with van der Waals surface area (Å²) in [5, 5.41) is 2.76. The van der Waals surface area contributed by atoms with Crippen LogP contribution in [0.5, 0.6) is 17.2 Å². The number of carbonyl (C=O) groups excluding carboxylic acids is 1. The molecule has 1 aliphatic heterocycles. The Morgan fingerprint density at radius 2 is 1.70 bits per heavy atom. The summed E-state index contributed by atoms with van der Waals surface area (Å²) in [6.07, 6.45) is 0.720. The van der Waals surface area contributed by atoms with Gasteiger partial charge in [-0.1, -0.05) is 19.9 Å². The number of nitrogens with one attached hydrogen (secondary N) is 2. The van der Waals surface area contributed by atoms with Gasteiger partial charge in [-0.05, 0) is 55.2 Å². The van der Waals surface area contributed by atoms with E-state index in [0.717, 1.165) is 23.3 Å². The minimum Gasteiger partial charge on any atom is -0.492 e. The van der Waals surface area contributed by atoms with Crippen molar-refractivity contribution in [1.29, 1.82) is 0 Å². The molecule has 0 aliphatic carbocycles. The highest BCUT2D eigenvalue weighted by Crippen LogP contribution is 2.32. The van der Waals surface area contributed by atoms with Crippen molar-refractivity contribution >= 4 is 15.9 Å². The summed E-state index contributed by atoms with van der Waals surface area (Å²) in [5.74, 6) is 0.947. The van der Waals surface area contributed by atoms with Gasteiger partial charge < -0.3 is 19.5 Å². The number of benzene rings is 2. The van der Waals surface area contributed by atoms with Gasteiger partial charge in [0.25, 0.3) is 0 Å². The van der Waals surface area contributed by atoms with Gasteiger partial charge in [0.2, 0.25) is 15.9 Å². The first-order chi connectivity index (χ1) is 15.7. The van der Waals surface area contributed by atoms with Gasteiger partial charge in [-0.3, -0.25) is 4.79 Å². The molecule has 1 unspecified atom stereocenters. The van der Waals surface area contributed by atoms with Crippen molar-refractivity contribution < 1.29 is 27.4 Å². The predicted octanol–water partition coefficient (Wildman–Crippen LogP) is 2.96. The molecule has 9 heteroatoms. The predicted molar refractivity (Wildman–Crippen MR) is 125 cm³/mol. The maximum Gasteiger partial charge on any atom is 0.241 e. The Morgan fingerprint density at radius 3 is 2.36 bits per heavy atom. The molecule has 8 nitrogen and oxygen atoms in total. The molecule has 2 aromatic rings. The third kappa shape index (κ3) is 6.85. The lowest BCUT2D eigenvalue weighted by Crippen LogP contribution is -2.50. The van der Waals surface area contributed by atoms with Crippen LogP contribution in [-0.2, 0) is 14.8 Å². The third-order valence-corrected chi connectivity index (χ3v) is 6.56. The van der Waals surface area contributed by atoms with Crippen molar-refractivity contribution in [3.8, 4) is 17.2 Å². The Balaban J connectivity index is 1.60. The fourth-order valence-corrected chi connectivity index (χ4v) is 4.87. The lowest BCUT2D eigenvalue weighted by atomic mass is 10.1. The van der Waals surface area contributed by atoms with E-state index >= 15 is 0 Å². The Kier molecular flexibility index (Phi) is 8.20. The Labute approximate surface area is 195 Å². The molecule has 2 N–H and O–H groups in total. The van der Waals surface area contributed by atoms with Crippen molar-refractivity contribution in [3.63, 3.8) is 0 Å². The monoisotopic (exact) mass is 476 g/mol.